The smallest absolute Gasteiger partial charge is 0.303 e. The van der Waals surface area contributed by atoms with Gasteiger partial charge in [0.25, 0.3) is 0 Å². The van der Waals surface area contributed by atoms with Crippen LogP contribution in [0.5, 0.6) is 0 Å². The lowest BCUT2D eigenvalue weighted by atomic mass is 9.51. The Bertz CT molecular complexity index is 701. The highest BCUT2D eigenvalue weighted by Gasteiger charge is 2.59. The summed E-state index contributed by atoms with van der Waals surface area (Å²) >= 11 is 0. The van der Waals surface area contributed by atoms with Gasteiger partial charge in [-0.25, -0.2) is 0 Å². The van der Waals surface area contributed by atoms with E-state index in [0.717, 1.165) is 0 Å². The van der Waals surface area contributed by atoms with E-state index in [-0.39, 0.29) is 18.9 Å². The number of hydrogen-bond acceptors (Lipinski definition) is 6. The zero-order valence-electron chi connectivity index (χ0n) is 16.0. The van der Waals surface area contributed by atoms with Gasteiger partial charge in [-0.1, -0.05) is 24.8 Å². The normalized spacial score (nSPS) is 26.3. The van der Waals surface area contributed by atoms with Crippen LogP contribution < -0.4 is 0 Å². The van der Waals surface area contributed by atoms with Crippen molar-refractivity contribution in [3.8, 4) is 24.0 Å². The Balaban J connectivity index is 2.27. The maximum Gasteiger partial charge on any atom is 0.303 e. The summed E-state index contributed by atoms with van der Waals surface area (Å²) in [7, 11) is 0. The molecule has 0 aromatic heterocycles. The number of esters is 1. The molecule has 0 amide bonds. The molecule has 0 aromatic rings. The molecule has 1 unspecified atom stereocenters. The van der Waals surface area contributed by atoms with E-state index in [0.29, 0.717) is 38.9 Å². The number of ether oxygens (including phenoxy) is 3. The molecular formula is C21H26N2O4. The highest BCUT2D eigenvalue weighted by Crippen LogP contribution is 2.58. The second kappa shape index (κ2) is 8.57. The van der Waals surface area contributed by atoms with E-state index in [1.54, 1.807) is 0 Å². The van der Waals surface area contributed by atoms with E-state index < -0.39 is 22.6 Å². The quantitative estimate of drug-likeness (QED) is 0.419. The van der Waals surface area contributed by atoms with Crippen molar-refractivity contribution < 1.29 is 19.0 Å². The van der Waals surface area contributed by atoms with Crippen LogP contribution in [0.2, 0.25) is 0 Å². The van der Waals surface area contributed by atoms with Crippen molar-refractivity contribution in [1.82, 2.24) is 0 Å². The number of hydrogen-bond donors (Lipinski definition) is 0. The summed E-state index contributed by atoms with van der Waals surface area (Å²) in [5.74, 6) is 4.59. The summed E-state index contributed by atoms with van der Waals surface area (Å²) in [6.07, 6.45) is 4.47. The topological polar surface area (TPSA) is 92.3 Å². The molecule has 2 rings (SSSR count). The number of carbonyl (C=O) groups excluding carboxylic acids is 1. The van der Waals surface area contributed by atoms with Crippen molar-refractivity contribution in [2.75, 3.05) is 19.8 Å². The van der Waals surface area contributed by atoms with Gasteiger partial charge in [-0.2, -0.15) is 10.5 Å². The summed E-state index contributed by atoms with van der Waals surface area (Å²) in [4.78, 5) is 10.8. The van der Waals surface area contributed by atoms with Gasteiger partial charge < -0.3 is 14.2 Å². The Morgan fingerprint density at radius 3 is 2.52 bits per heavy atom. The van der Waals surface area contributed by atoms with Gasteiger partial charge >= 0.3 is 5.97 Å². The number of allylic oxidation sites excluding steroid dienone is 1. The average molecular weight is 370 g/mol. The van der Waals surface area contributed by atoms with E-state index in [9.17, 15) is 15.3 Å². The lowest BCUT2D eigenvalue weighted by molar-refractivity contribution is -0.213. The third-order valence-electron chi connectivity index (χ3n) is 5.93. The fourth-order valence-electron chi connectivity index (χ4n) is 4.17. The number of carbonyl (C=O) groups is 1. The fourth-order valence-corrected chi connectivity index (χ4v) is 4.17. The molecule has 1 aliphatic heterocycles. The summed E-state index contributed by atoms with van der Waals surface area (Å²) in [6.45, 7) is 8.24. The molecular weight excluding hydrogens is 344 g/mol. The Labute approximate surface area is 161 Å². The van der Waals surface area contributed by atoms with Gasteiger partial charge in [-0.15, -0.1) is 6.58 Å². The van der Waals surface area contributed by atoms with Crippen LogP contribution in [0, 0.1) is 51.3 Å². The fraction of sp³-hybridized carbons (Fsp3) is 0.667. The minimum Gasteiger partial charge on any atom is -0.453 e. The molecule has 1 heterocycles. The zero-order valence-corrected chi connectivity index (χ0v) is 16.0. The molecule has 2 atom stereocenters. The van der Waals surface area contributed by atoms with Gasteiger partial charge in [0.05, 0.1) is 25.4 Å². The molecule has 1 saturated heterocycles. The van der Waals surface area contributed by atoms with Crippen molar-refractivity contribution in [2.24, 2.45) is 16.7 Å². The van der Waals surface area contributed by atoms with E-state index in [1.165, 1.54) is 6.92 Å². The van der Waals surface area contributed by atoms with Crippen LogP contribution in [0.15, 0.2) is 12.7 Å². The van der Waals surface area contributed by atoms with Crippen LogP contribution in [-0.4, -0.2) is 31.6 Å². The number of nitriles is 2. The Kier molecular flexibility index (Phi) is 6.66. The monoisotopic (exact) mass is 370 g/mol. The van der Waals surface area contributed by atoms with E-state index >= 15 is 0 Å². The maximum absolute atomic E-state index is 10.8. The third kappa shape index (κ3) is 4.16. The van der Waals surface area contributed by atoms with Crippen LogP contribution in [0.1, 0.15) is 46.0 Å². The van der Waals surface area contributed by atoms with Crippen LogP contribution in [-0.2, 0) is 19.0 Å². The standard InChI is InChI=1S/C21H26N2O4/c1-4-7-18-14-21(26-12-13-27-21)10-9-19(18,3)20(15-22,16-23)8-5-6-11-25-17(2)24/h4,18H,1,7-14H2,2-3H3/t18-,19?/m1/s1. The van der Waals surface area contributed by atoms with Crippen molar-refractivity contribution in [1.29, 1.82) is 10.5 Å². The summed E-state index contributed by atoms with van der Waals surface area (Å²) in [5.41, 5.74) is -1.86. The molecule has 6 heteroatoms. The molecule has 27 heavy (non-hydrogen) atoms. The number of rotatable bonds is 5. The second-order valence-electron chi connectivity index (χ2n) is 7.39. The van der Waals surface area contributed by atoms with Crippen LogP contribution in [0.25, 0.3) is 0 Å². The Morgan fingerprint density at radius 2 is 1.96 bits per heavy atom. The predicted molar refractivity (Wildman–Crippen MR) is 97.6 cm³/mol. The van der Waals surface area contributed by atoms with Crippen LogP contribution in [0.4, 0.5) is 0 Å². The molecule has 1 spiro atoms. The maximum atomic E-state index is 10.8. The van der Waals surface area contributed by atoms with Crippen LogP contribution >= 0.6 is 0 Å². The van der Waals surface area contributed by atoms with Crippen molar-refractivity contribution in [3.63, 3.8) is 0 Å². The Morgan fingerprint density at radius 1 is 1.30 bits per heavy atom. The molecule has 0 bridgehead atoms. The third-order valence-corrected chi connectivity index (χ3v) is 5.93. The highest BCUT2D eigenvalue weighted by molar-refractivity contribution is 5.66. The van der Waals surface area contributed by atoms with Gasteiger partial charge in [-0.05, 0) is 18.8 Å². The highest BCUT2D eigenvalue weighted by atomic mass is 16.7. The Hall–Kier alpha value is -2.33. The predicted octanol–water partition coefficient (Wildman–Crippen LogP) is 3.10. The molecule has 1 aliphatic carbocycles. The molecule has 0 N–H and O–H groups in total. The van der Waals surface area contributed by atoms with Gasteiger partial charge in [0.2, 0.25) is 0 Å². The minimum atomic E-state index is -1.27. The average Bonchev–Trinajstić information content (AvgIpc) is 3.10. The molecule has 2 aliphatic rings. The zero-order chi connectivity index (χ0) is 20.0. The lowest BCUT2D eigenvalue weighted by Gasteiger charge is -2.52. The molecule has 144 valence electrons. The van der Waals surface area contributed by atoms with E-state index in [4.69, 9.17) is 14.2 Å². The molecule has 2 fully saturated rings. The first-order chi connectivity index (χ1) is 12.9. The van der Waals surface area contributed by atoms with Crippen LogP contribution in [0.3, 0.4) is 0 Å². The molecule has 1 saturated carbocycles. The summed E-state index contributed by atoms with van der Waals surface area (Å²) in [5, 5.41) is 19.9. The second-order valence-corrected chi connectivity index (χ2v) is 7.39. The van der Waals surface area contributed by atoms with Crippen molar-refractivity contribution in [2.45, 2.75) is 51.7 Å². The minimum absolute atomic E-state index is 0.0106. The largest absolute Gasteiger partial charge is 0.453 e. The number of nitrogens with zero attached hydrogens (tertiary/aromatic N) is 2. The van der Waals surface area contributed by atoms with Crippen molar-refractivity contribution in [3.05, 3.63) is 12.7 Å². The molecule has 0 aromatic carbocycles. The van der Waals surface area contributed by atoms with Gasteiger partial charge in [0, 0.05) is 31.6 Å². The SMILES string of the molecule is C=CC[C@@H]1CC2(CCC1(C)C(C#N)(C#N)CC#CCOC(C)=O)OCCO2. The summed E-state index contributed by atoms with van der Waals surface area (Å²) < 4.78 is 16.5. The first-order valence-corrected chi connectivity index (χ1v) is 9.17. The first kappa shape index (κ1) is 21.0. The molecule has 0 radical (unpaired) electrons. The van der Waals surface area contributed by atoms with Crippen molar-refractivity contribution >= 4 is 5.97 Å². The summed E-state index contributed by atoms with van der Waals surface area (Å²) in [6, 6.07) is 4.51. The first-order valence-electron chi connectivity index (χ1n) is 9.17. The van der Waals surface area contributed by atoms with Gasteiger partial charge in [-0.3, -0.25) is 4.79 Å². The molecule has 6 nitrogen and oxygen atoms in total. The lowest BCUT2D eigenvalue weighted by Crippen LogP contribution is -2.52. The van der Waals surface area contributed by atoms with E-state index in [1.807, 2.05) is 13.0 Å². The van der Waals surface area contributed by atoms with Gasteiger partial charge in [0.15, 0.2) is 17.8 Å². The van der Waals surface area contributed by atoms with E-state index in [2.05, 4.69) is 30.6 Å². The van der Waals surface area contributed by atoms with Gasteiger partial charge in [0.1, 0.15) is 0 Å².